The summed E-state index contributed by atoms with van der Waals surface area (Å²) in [5.41, 5.74) is -1.36. The Bertz CT molecular complexity index is 1720. The van der Waals surface area contributed by atoms with E-state index < -0.39 is 49.2 Å². The van der Waals surface area contributed by atoms with Gasteiger partial charge in [-0.3, -0.25) is 13.6 Å². The summed E-state index contributed by atoms with van der Waals surface area (Å²) in [4.78, 5) is 12.7. The smallest absolute Gasteiger partial charge is 0.475 e. The van der Waals surface area contributed by atoms with Crippen molar-refractivity contribution in [3.63, 3.8) is 0 Å². The van der Waals surface area contributed by atoms with Crippen molar-refractivity contribution in [1.82, 2.24) is 15.5 Å². The highest BCUT2D eigenvalue weighted by molar-refractivity contribution is 7.48. The number of rotatable bonds is 13. The Hall–Kier alpha value is -3.31. The van der Waals surface area contributed by atoms with Gasteiger partial charge in [-0.25, -0.2) is 13.8 Å². The Morgan fingerprint density at radius 1 is 0.960 bits per heavy atom. The maximum Gasteiger partial charge on any atom is 0.475 e. The predicted octanol–water partition coefficient (Wildman–Crippen LogP) is 9.35. The van der Waals surface area contributed by atoms with Crippen LogP contribution in [0.25, 0.3) is 21.1 Å². The van der Waals surface area contributed by atoms with Gasteiger partial charge in [0.25, 0.3) is 0 Å². The number of phosphoric acid groups is 1. The van der Waals surface area contributed by atoms with Gasteiger partial charge in [0.2, 0.25) is 0 Å². The monoisotopic (exact) mass is 754 g/mol. The highest BCUT2D eigenvalue weighted by Crippen LogP contribution is 2.55. The molecule has 0 aliphatic carbocycles. The van der Waals surface area contributed by atoms with Crippen LogP contribution in [0, 0.1) is 17.1 Å². The molecule has 0 spiro atoms. The molecule has 0 saturated heterocycles. The fourth-order valence-corrected chi connectivity index (χ4v) is 7.09. The van der Waals surface area contributed by atoms with Crippen molar-refractivity contribution in [2.24, 2.45) is 0 Å². The lowest BCUT2D eigenvalue weighted by molar-refractivity contribution is -0.00235. The molecule has 274 valence electrons. The van der Waals surface area contributed by atoms with E-state index in [9.17, 15) is 14.6 Å². The number of nitrogens with one attached hydrogen (secondary N) is 1. The fraction of sp³-hybridized carbons (Fsp3) is 0.529. The zero-order valence-corrected chi connectivity index (χ0v) is 32.6. The number of hydrogen-bond donors (Lipinski definition) is 1. The number of amides is 1. The van der Waals surface area contributed by atoms with Gasteiger partial charge >= 0.3 is 13.9 Å². The van der Waals surface area contributed by atoms with E-state index in [1.165, 1.54) is 6.07 Å². The molecule has 1 amide bonds. The highest BCUT2D eigenvalue weighted by atomic mass is 35.5. The maximum absolute atomic E-state index is 15.5. The average Bonchev–Trinajstić information content (AvgIpc) is 3.43. The van der Waals surface area contributed by atoms with Crippen LogP contribution >= 0.6 is 30.8 Å². The molecular formula is C34H45ClFN4O8PS. The molecule has 0 aliphatic heterocycles. The zero-order chi connectivity index (χ0) is 37.7. The lowest BCUT2D eigenvalue weighted by Crippen LogP contribution is -2.44. The van der Waals surface area contributed by atoms with Gasteiger partial charge in [0.15, 0.2) is 11.6 Å². The van der Waals surface area contributed by atoms with E-state index in [4.69, 9.17) is 39.4 Å². The number of nitrogens with zero attached hydrogens (tertiary/aromatic N) is 3. The minimum Gasteiger partial charge on any atom is -0.490 e. The molecule has 1 atom stereocenters. The normalized spacial score (nSPS) is 13.1. The zero-order valence-electron chi connectivity index (χ0n) is 30.2. The summed E-state index contributed by atoms with van der Waals surface area (Å²) in [5, 5.41) is 21.6. The number of phosphoric ester groups is 1. The largest absolute Gasteiger partial charge is 0.490 e. The topological polar surface area (TPSA) is 151 Å². The molecule has 1 unspecified atom stereocenters. The molecular weight excluding hydrogens is 710 g/mol. The van der Waals surface area contributed by atoms with Crippen molar-refractivity contribution in [3.8, 4) is 38.7 Å². The van der Waals surface area contributed by atoms with E-state index in [1.807, 2.05) is 13.8 Å². The summed E-state index contributed by atoms with van der Waals surface area (Å²) in [6.07, 6.45) is -0.909. The van der Waals surface area contributed by atoms with Crippen molar-refractivity contribution >= 4 is 36.9 Å². The Morgan fingerprint density at radius 3 is 2.14 bits per heavy atom. The first-order valence-electron chi connectivity index (χ1n) is 15.8. The second-order valence-corrected chi connectivity index (χ2v) is 17.4. The Kier molecular flexibility index (Phi) is 13.5. The molecule has 0 fully saturated rings. The second-order valence-electron chi connectivity index (χ2n) is 14.5. The molecule has 1 N–H and O–H groups in total. The first kappa shape index (κ1) is 41.1. The van der Waals surface area contributed by atoms with Crippen LogP contribution in [-0.4, -0.2) is 58.5 Å². The lowest BCUT2D eigenvalue weighted by atomic mass is 10.1. The Balaban J connectivity index is 1.83. The van der Waals surface area contributed by atoms with Gasteiger partial charge in [0.05, 0.1) is 40.5 Å². The predicted molar refractivity (Wildman–Crippen MR) is 190 cm³/mol. The molecule has 1 aromatic heterocycles. The first-order valence-corrected chi connectivity index (χ1v) is 18.4. The number of ether oxygens (including phenoxy) is 3. The molecule has 3 aromatic rings. The van der Waals surface area contributed by atoms with Gasteiger partial charge in [-0.15, -0.1) is 10.2 Å². The van der Waals surface area contributed by atoms with Gasteiger partial charge in [-0.05, 0) is 100 Å². The standard InChI is InChI=1S/C34H45ClFN4O8PS/c1-20(2)45-27-13-12-21(14-22(27)17-37)29-39-40-30(50-29)24-15-26(36)28(16-25(24)35)43-18-23(38-31(41)46-32(3,4)5)19-44-49(42,47-33(6,7)8)48-34(9,10)11/h12-16,20,23H,18-19H2,1-11H3,(H,38,41). The van der Waals surface area contributed by atoms with Crippen LogP contribution in [0.15, 0.2) is 30.3 Å². The molecule has 12 nitrogen and oxygen atoms in total. The minimum absolute atomic E-state index is 0.106. The van der Waals surface area contributed by atoms with Gasteiger partial charge in [0.1, 0.15) is 34.0 Å². The minimum atomic E-state index is -4.16. The van der Waals surface area contributed by atoms with Crippen LogP contribution in [0.4, 0.5) is 9.18 Å². The van der Waals surface area contributed by atoms with Crippen LogP contribution in [0.1, 0.15) is 81.7 Å². The van der Waals surface area contributed by atoms with E-state index in [0.29, 0.717) is 26.9 Å². The second kappa shape index (κ2) is 16.4. The van der Waals surface area contributed by atoms with Gasteiger partial charge in [-0.1, -0.05) is 22.9 Å². The third kappa shape index (κ3) is 13.1. The number of nitriles is 1. The Labute approximate surface area is 302 Å². The van der Waals surface area contributed by atoms with Crippen LogP contribution in [0.3, 0.4) is 0 Å². The van der Waals surface area contributed by atoms with Crippen molar-refractivity contribution in [2.75, 3.05) is 13.2 Å². The van der Waals surface area contributed by atoms with Gasteiger partial charge in [-0.2, -0.15) is 5.26 Å². The van der Waals surface area contributed by atoms with Gasteiger partial charge < -0.3 is 19.5 Å². The number of carbonyl (C=O) groups is 1. The molecule has 0 aliphatic rings. The van der Waals surface area contributed by atoms with Crippen LogP contribution in [-0.2, 0) is 22.9 Å². The summed E-state index contributed by atoms with van der Waals surface area (Å²) >= 11 is 7.73. The third-order valence-electron chi connectivity index (χ3n) is 5.75. The summed E-state index contributed by atoms with van der Waals surface area (Å²) in [5.74, 6) is -0.533. The molecule has 3 rings (SSSR count). The number of hydrogen-bond acceptors (Lipinski definition) is 12. The number of alkyl carbamates (subject to hydrolysis) is 1. The molecule has 0 saturated carbocycles. The van der Waals surface area contributed by atoms with Gasteiger partial charge in [0, 0.05) is 17.2 Å². The average molecular weight is 755 g/mol. The lowest BCUT2D eigenvalue weighted by Gasteiger charge is -2.32. The molecule has 1 heterocycles. The van der Waals surface area contributed by atoms with Crippen molar-refractivity contribution < 1.29 is 41.5 Å². The Morgan fingerprint density at radius 2 is 1.58 bits per heavy atom. The third-order valence-corrected chi connectivity index (χ3v) is 9.08. The van der Waals surface area contributed by atoms with E-state index in [1.54, 1.807) is 80.5 Å². The van der Waals surface area contributed by atoms with Crippen LogP contribution in [0.5, 0.6) is 11.5 Å². The summed E-state index contributed by atoms with van der Waals surface area (Å²) in [6.45, 7) is 18.2. The van der Waals surface area contributed by atoms with Crippen LogP contribution < -0.4 is 14.8 Å². The van der Waals surface area contributed by atoms with E-state index in [-0.39, 0.29) is 29.0 Å². The van der Waals surface area contributed by atoms with Crippen molar-refractivity contribution in [1.29, 1.82) is 5.26 Å². The van der Waals surface area contributed by atoms with Crippen molar-refractivity contribution in [2.45, 2.75) is 105 Å². The summed E-state index contributed by atoms with van der Waals surface area (Å²) < 4.78 is 62.9. The first-order chi connectivity index (χ1) is 23.0. The molecule has 16 heteroatoms. The highest BCUT2D eigenvalue weighted by Gasteiger charge is 2.38. The number of carbonyl (C=O) groups excluding carboxylic acids is 1. The number of benzene rings is 2. The fourth-order valence-electron chi connectivity index (χ4n) is 4.08. The number of halogens is 2. The van der Waals surface area contributed by atoms with E-state index >= 15 is 4.39 Å². The maximum atomic E-state index is 15.5. The SMILES string of the molecule is CC(C)Oc1ccc(-c2nnc(-c3cc(F)c(OCC(COP(=O)(OC(C)(C)C)OC(C)(C)C)NC(=O)OC(C)(C)C)cc3Cl)s2)cc1C#N. The number of aromatic nitrogens is 2. The molecule has 0 radical (unpaired) electrons. The van der Waals surface area contributed by atoms with Crippen LogP contribution in [0.2, 0.25) is 5.02 Å². The van der Waals surface area contributed by atoms with Crippen molar-refractivity contribution in [3.05, 3.63) is 46.7 Å². The molecule has 0 bridgehead atoms. The van der Waals surface area contributed by atoms with E-state index in [2.05, 4.69) is 21.6 Å². The summed E-state index contributed by atoms with van der Waals surface area (Å²) in [6, 6.07) is 8.68. The quantitative estimate of drug-likeness (QED) is 0.166. The molecule has 50 heavy (non-hydrogen) atoms. The summed E-state index contributed by atoms with van der Waals surface area (Å²) in [7, 11) is -4.16. The van der Waals surface area contributed by atoms with E-state index in [0.717, 1.165) is 17.4 Å². The molecule has 2 aromatic carbocycles.